The number of phenols is 2. The summed E-state index contributed by atoms with van der Waals surface area (Å²) < 4.78 is 110. The normalized spacial score (nSPS) is 12.7. The van der Waals surface area contributed by atoms with E-state index in [4.69, 9.17) is 10.5 Å². The number of nitrogens with zero attached hydrogens (tertiary/aromatic N) is 4. The Labute approximate surface area is 298 Å². The average molecular weight is 826 g/mol. The molecule has 278 valence electrons. The van der Waals surface area contributed by atoms with Crippen molar-refractivity contribution in [2.45, 2.75) is 31.4 Å². The Morgan fingerprint density at radius 2 is 1.23 bits per heavy atom. The van der Waals surface area contributed by atoms with E-state index in [-0.39, 0.29) is 50.6 Å². The summed E-state index contributed by atoms with van der Waals surface area (Å²) in [5.41, 5.74) is -2.66. The molecular formula is C24H19N5O18S5. The average Bonchev–Trinajstić information content (AvgIpc) is 3.04. The Morgan fingerprint density at radius 1 is 0.673 bits per heavy atom. The van der Waals surface area contributed by atoms with Crippen molar-refractivity contribution >= 4 is 99.6 Å². The van der Waals surface area contributed by atoms with Crippen LogP contribution in [0.2, 0.25) is 0 Å². The van der Waals surface area contributed by atoms with Crippen molar-refractivity contribution in [1.82, 2.24) is 0 Å². The molecule has 52 heavy (non-hydrogen) atoms. The molecule has 0 unspecified atom stereocenters. The molecule has 4 aromatic rings. The number of carbonyl (C=O) groups excluding carboxylic acids is 1. The molecule has 0 radical (unpaired) electrons. The summed E-state index contributed by atoms with van der Waals surface area (Å²) in [7, 11) is -15.1. The van der Waals surface area contributed by atoms with Crippen LogP contribution in [0.1, 0.15) is 6.92 Å². The van der Waals surface area contributed by atoms with Gasteiger partial charge in [0.15, 0.2) is 11.5 Å². The van der Waals surface area contributed by atoms with Gasteiger partial charge in [0.1, 0.15) is 32.5 Å². The number of benzene rings is 4. The number of hydrogen-bond acceptors (Lipinski definition) is 21. The zero-order valence-corrected chi connectivity index (χ0v) is 29.2. The monoisotopic (exact) mass is 825 g/mol. The maximum atomic E-state index is 12.4. The summed E-state index contributed by atoms with van der Waals surface area (Å²) in [6.45, 7) is 1.13. The zero-order chi connectivity index (χ0) is 38.6. The molecule has 0 aliphatic rings. The van der Waals surface area contributed by atoms with Crippen LogP contribution in [0.15, 0.2) is 93.5 Å². The predicted molar refractivity (Wildman–Crippen MR) is 174 cm³/mol. The summed E-state index contributed by atoms with van der Waals surface area (Å²) in [6.07, 6.45) is 0. The number of fused-ring (bicyclic) bond motifs is 1. The summed E-state index contributed by atoms with van der Waals surface area (Å²) in [5, 5.41) is 62.9. The summed E-state index contributed by atoms with van der Waals surface area (Å²) >= 11 is 0.275. The number of anilines is 1. The Kier molecular flexibility index (Phi) is 12.5. The first-order valence-electron chi connectivity index (χ1n) is 12.9. The third-order valence-electron chi connectivity index (χ3n) is 6.14. The lowest BCUT2D eigenvalue weighted by molar-refractivity contribution is -0.432. The van der Waals surface area contributed by atoms with Gasteiger partial charge in [-0.25, -0.2) is 10.5 Å². The predicted octanol–water partition coefficient (Wildman–Crippen LogP) is 5.64. The molecule has 0 fully saturated rings. The van der Waals surface area contributed by atoms with Crippen molar-refractivity contribution in [2.24, 2.45) is 20.5 Å². The van der Waals surface area contributed by atoms with E-state index in [0.29, 0.717) is 6.07 Å². The van der Waals surface area contributed by atoms with Crippen LogP contribution in [0.25, 0.3) is 10.8 Å². The van der Waals surface area contributed by atoms with Crippen LogP contribution in [0.5, 0.6) is 11.5 Å². The van der Waals surface area contributed by atoms with Crippen LogP contribution in [0.4, 0.5) is 28.4 Å². The molecule has 4 aromatic carbocycles. The van der Waals surface area contributed by atoms with Crippen molar-refractivity contribution in [3.63, 3.8) is 0 Å². The van der Waals surface area contributed by atoms with Crippen LogP contribution in [0.3, 0.4) is 0 Å². The van der Waals surface area contributed by atoms with Gasteiger partial charge in [-0.2, -0.15) is 25.3 Å². The van der Waals surface area contributed by atoms with Crippen LogP contribution >= 0.6 is 24.1 Å². The molecule has 1 amide bonds. The number of carbonyl (C=O) groups is 1. The molecule has 0 bridgehead atoms. The topological polar surface area (TPSA) is 359 Å². The van der Waals surface area contributed by atoms with Crippen molar-refractivity contribution in [2.75, 3.05) is 5.32 Å². The van der Waals surface area contributed by atoms with Gasteiger partial charge in [-0.3, -0.25) is 18.5 Å². The lowest BCUT2D eigenvalue weighted by Gasteiger charge is -2.13. The van der Waals surface area contributed by atoms with E-state index < -0.39 is 84.9 Å². The second-order valence-corrected chi connectivity index (χ2v) is 15.2. The SMILES string of the molecule is CC(=O)Nc1ccc(N=Nc2c(SOOO)cc3cc(S(=O)(=O)O)c(N=Nc4ccc(S(=O)(=O)O)cc4SOOO)c(O)c3c2O)c(S(=O)(=O)O)c1. The first kappa shape index (κ1) is 40.4. The van der Waals surface area contributed by atoms with E-state index in [1.165, 1.54) is 6.07 Å². The second-order valence-electron chi connectivity index (χ2n) is 9.51. The molecule has 0 atom stereocenters. The number of rotatable bonds is 14. The van der Waals surface area contributed by atoms with Crippen molar-refractivity contribution < 1.29 is 83.2 Å². The minimum Gasteiger partial charge on any atom is -0.505 e. The number of nitrogens with one attached hydrogen (secondary N) is 1. The third kappa shape index (κ3) is 9.52. The molecule has 0 aromatic heterocycles. The molecular weight excluding hydrogens is 807 g/mol. The lowest BCUT2D eigenvalue weighted by atomic mass is 10.1. The van der Waals surface area contributed by atoms with Gasteiger partial charge in [0.05, 0.1) is 44.2 Å². The number of aromatic hydroxyl groups is 2. The maximum absolute atomic E-state index is 12.4. The summed E-state index contributed by atoms with van der Waals surface area (Å²) in [5.74, 6) is -2.80. The highest BCUT2D eigenvalue weighted by atomic mass is 32.2. The van der Waals surface area contributed by atoms with Gasteiger partial charge in [0, 0.05) is 12.6 Å². The Balaban J connectivity index is 1.97. The number of hydrogen-bond donors (Lipinski definition) is 8. The third-order valence-corrected chi connectivity index (χ3v) is 9.99. The zero-order valence-electron chi connectivity index (χ0n) is 25.1. The van der Waals surface area contributed by atoms with Gasteiger partial charge in [-0.05, 0) is 53.9 Å². The first-order valence-corrected chi connectivity index (χ1v) is 18.7. The van der Waals surface area contributed by atoms with Gasteiger partial charge in [-0.1, -0.05) is 10.1 Å². The van der Waals surface area contributed by atoms with Gasteiger partial charge in [-0.15, -0.1) is 29.1 Å². The second kappa shape index (κ2) is 16.1. The Morgan fingerprint density at radius 3 is 1.81 bits per heavy atom. The number of azo groups is 2. The van der Waals surface area contributed by atoms with E-state index in [1.807, 2.05) is 0 Å². The smallest absolute Gasteiger partial charge is 0.296 e. The van der Waals surface area contributed by atoms with E-state index in [2.05, 4.69) is 44.5 Å². The van der Waals surface area contributed by atoms with Crippen LogP contribution in [-0.4, -0.2) is 65.5 Å². The highest BCUT2D eigenvalue weighted by molar-refractivity contribution is 7.95. The Bertz CT molecular complexity index is 2460. The van der Waals surface area contributed by atoms with Gasteiger partial charge < -0.3 is 15.5 Å². The standard InChI is InChI=1S/C24H19N5O18S5/c1-10(30)25-12-2-4-15(18(8-12)51(38,39)40)27-28-21-17(49-47-45-34)6-11-7-19(52(41,42)43)22(24(32)20(11)23(21)31)29-26-14-5-3-13(50(35,36)37)9-16(14)48-46-44-33/h2-9,31-34H,1H3,(H,25,30)(H,35,36,37)(H,38,39,40)(H,41,42,43). The summed E-state index contributed by atoms with van der Waals surface area (Å²) in [6, 6.07) is 7.24. The molecule has 0 spiro atoms. The van der Waals surface area contributed by atoms with Crippen molar-refractivity contribution in [3.8, 4) is 11.5 Å². The molecule has 0 aliphatic heterocycles. The maximum Gasteiger partial charge on any atom is 0.296 e. The number of phenolic OH excluding ortho intramolecular Hbond substituents is 2. The minimum atomic E-state index is -5.27. The molecule has 0 saturated carbocycles. The van der Waals surface area contributed by atoms with Crippen LogP contribution < -0.4 is 5.32 Å². The van der Waals surface area contributed by atoms with Gasteiger partial charge >= 0.3 is 0 Å². The van der Waals surface area contributed by atoms with Crippen LogP contribution in [-0.2, 0) is 53.9 Å². The fourth-order valence-electron chi connectivity index (χ4n) is 4.11. The highest BCUT2D eigenvalue weighted by Gasteiger charge is 2.27. The lowest BCUT2D eigenvalue weighted by Crippen LogP contribution is -2.07. The van der Waals surface area contributed by atoms with Gasteiger partial charge in [0.2, 0.25) is 5.91 Å². The number of amides is 1. The van der Waals surface area contributed by atoms with Crippen molar-refractivity contribution in [3.05, 3.63) is 48.5 Å². The fraction of sp³-hybridized carbons (Fsp3) is 0.0417. The molecule has 0 saturated heterocycles. The highest BCUT2D eigenvalue weighted by Crippen LogP contribution is 2.51. The molecule has 23 nitrogen and oxygen atoms in total. The molecule has 28 heteroatoms. The minimum absolute atomic E-state index is 0.0621. The van der Waals surface area contributed by atoms with E-state index in [0.717, 1.165) is 43.3 Å². The van der Waals surface area contributed by atoms with Gasteiger partial charge in [0.25, 0.3) is 30.4 Å². The quantitative estimate of drug-likeness (QED) is 0.0251. The largest absolute Gasteiger partial charge is 0.505 e. The molecule has 8 N–H and O–H groups in total. The van der Waals surface area contributed by atoms with E-state index >= 15 is 0 Å². The molecule has 0 aliphatic carbocycles. The Hall–Kier alpha value is -4.40. The van der Waals surface area contributed by atoms with E-state index in [9.17, 15) is 53.9 Å². The van der Waals surface area contributed by atoms with E-state index in [1.54, 1.807) is 0 Å². The fourth-order valence-corrected chi connectivity index (χ4v) is 6.97. The molecule has 0 heterocycles. The van der Waals surface area contributed by atoms with Crippen LogP contribution in [0, 0.1) is 0 Å². The first-order chi connectivity index (χ1) is 24.3. The molecule has 4 rings (SSSR count). The van der Waals surface area contributed by atoms with Crippen molar-refractivity contribution in [1.29, 1.82) is 0 Å². The summed E-state index contributed by atoms with van der Waals surface area (Å²) in [4.78, 5) is 8.08.